The minimum Gasteiger partial charge on any atom is -0.381 e. The van der Waals surface area contributed by atoms with Crippen molar-refractivity contribution in [2.45, 2.75) is 50.2 Å². The lowest BCUT2D eigenvalue weighted by Crippen LogP contribution is -2.41. The van der Waals surface area contributed by atoms with E-state index in [4.69, 9.17) is 4.74 Å². The topological polar surface area (TPSA) is 67.4 Å². The quantitative estimate of drug-likeness (QED) is 0.773. The zero-order chi connectivity index (χ0) is 15.3. The van der Waals surface area contributed by atoms with E-state index >= 15 is 0 Å². The van der Waals surface area contributed by atoms with Crippen LogP contribution in [0, 0.1) is 0 Å². The van der Waals surface area contributed by atoms with Crippen molar-refractivity contribution in [3.8, 4) is 0 Å². The lowest BCUT2D eigenvalue weighted by Gasteiger charge is -2.36. The number of anilines is 1. The van der Waals surface area contributed by atoms with Gasteiger partial charge in [0.2, 0.25) is 10.0 Å². The molecule has 21 heavy (non-hydrogen) atoms. The number of para-hydroxylation sites is 1. The van der Waals surface area contributed by atoms with Gasteiger partial charge in [0.1, 0.15) is 4.90 Å². The first kappa shape index (κ1) is 16.3. The number of nitrogens with one attached hydrogen (secondary N) is 2. The molecule has 0 aromatic heterocycles. The highest BCUT2D eigenvalue weighted by molar-refractivity contribution is 7.89. The molecule has 0 saturated heterocycles. The second kappa shape index (κ2) is 7.24. The van der Waals surface area contributed by atoms with Crippen LogP contribution >= 0.6 is 0 Å². The van der Waals surface area contributed by atoms with Crippen LogP contribution in [0.2, 0.25) is 0 Å². The van der Waals surface area contributed by atoms with Crippen LogP contribution in [0.15, 0.2) is 29.2 Å². The highest BCUT2D eigenvalue weighted by Gasteiger charge is 2.30. The summed E-state index contributed by atoms with van der Waals surface area (Å²) in [5.74, 6) is 0. The fourth-order valence-corrected chi connectivity index (χ4v) is 3.71. The summed E-state index contributed by atoms with van der Waals surface area (Å²) in [5.41, 5.74) is 0.668. The average Bonchev–Trinajstić information content (AvgIpc) is 2.43. The van der Waals surface area contributed by atoms with Crippen molar-refractivity contribution in [1.29, 1.82) is 0 Å². The Bertz CT molecular complexity index is 554. The van der Waals surface area contributed by atoms with E-state index in [0.717, 1.165) is 25.9 Å². The van der Waals surface area contributed by atoms with Crippen molar-refractivity contribution in [1.82, 2.24) is 4.72 Å². The number of hydrogen-bond donors (Lipinski definition) is 2. The van der Waals surface area contributed by atoms with E-state index in [9.17, 15) is 8.42 Å². The standard InChI is InChI=1S/C15H24N2O3S/c1-3-9-16-21(18,19)15-8-6-5-7-14(15)17-12-10-13(11-12)20-4-2/h5-8,12-13,16-17H,3-4,9-11H2,1-2H3. The zero-order valence-electron chi connectivity index (χ0n) is 12.6. The largest absolute Gasteiger partial charge is 0.381 e. The molecule has 0 unspecified atom stereocenters. The third-order valence-electron chi connectivity index (χ3n) is 3.58. The minimum absolute atomic E-state index is 0.282. The summed E-state index contributed by atoms with van der Waals surface area (Å²) in [6, 6.07) is 7.33. The van der Waals surface area contributed by atoms with Gasteiger partial charge in [0.15, 0.2) is 0 Å². The lowest BCUT2D eigenvalue weighted by atomic mass is 9.89. The van der Waals surface area contributed by atoms with Gasteiger partial charge in [0.05, 0.1) is 11.8 Å². The summed E-state index contributed by atoms with van der Waals surface area (Å²) >= 11 is 0. The van der Waals surface area contributed by atoms with Gasteiger partial charge in [-0.05, 0) is 38.3 Å². The molecule has 0 amide bonds. The van der Waals surface area contributed by atoms with Gasteiger partial charge in [-0.25, -0.2) is 13.1 Å². The fourth-order valence-electron chi connectivity index (χ4n) is 2.41. The maximum absolute atomic E-state index is 12.3. The Hall–Kier alpha value is -1.11. The molecular formula is C15H24N2O3S. The van der Waals surface area contributed by atoms with Gasteiger partial charge in [0.25, 0.3) is 0 Å². The van der Waals surface area contributed by atoms with Gasteiger partial charge >= 0.3 is 0 Å². The molecule has 5 nitrogen and oxygen atoms in total. The van der Waals surface area contributed by atoms with E-state index in [-0.39, 0.29) is 6.04 Å². The lowest BCUT2D eigenvalue weighted by molar-refractivity contribution is 0.00295. The second-order valence-corrected chi connectivity index (χ2v) is 7.02. The number of sulfonamides is 1. The van der Waals surface area contributed by atoms with Crippen molar-refractivity contribution >= 4 is 15.7 Å². The molecule has 2 N–H and O–H groups in total. The summed E-state index contributed by atoms with van der Waals surface area (Å²) in [4.78, 5) is 0.318. The van der Waals surface area contributed by atoms with Crippen LogP contribution in [0.4, 0.5) is 5.69 Å². The molecule has 1 saturated carbocycles. The first-order valence-corrected chi connectivity index (χ1v) is 9.02. The van der Waals surface area contributed by atoms with Crippen LogP contribution < -0.4 is 10.0 Å². The number of benzene rings is 1. The van der Waals surface area contributed by atoms with Crippen molar-refractivity contribution < 1.29 is 13.2 Å². The van der Waals surface area contributed by atoms with E-state index in [2.05, 4.69) is 10.0 Å². The summed E-state index contributed by atoms with van der Waals surface area (Å²) in [6.07, 6.45) is 2.91. The summed E-state index contributed by atoms with van der Waals surface area (Å²) in [5, 5.41) is 3.32. The van der Waals surface area contributed by atoms with Gasteiger partial charge in [-0.1, -0.05) is 19.1 Å². The Labute approximate surface area is 127 Å². The molecule has 0 spiro atoms. The Balaban J connectivity index is 2.04. The fraction of sp³-hybridized carbons (Fsp3) is 0.600. The zero-order valence-corrected chi connectivity index (χ0v) is 13.4. The number of rotatable bonds is 8. The van der Waals surface area contributed by atoms with Crippen LogP contribution in [-0.4, -0.2) is 33.7 Å². The van der Waals surface area contributed by atoms with E-state index < -0.39 is 10.0 Å². The molecule has 0 heterocycles. The van der Waals surface area contributed by atoms with Gasteiger partial charge < -0.3 is 10.1 Å². The van der Waals surface area contributed by atoms with Gasteiger partial charge in [-0.15, -0.1) is 0 Å². The smallest absolute Gasteiger partial charge is 0.242 e. The Morgan fingerprint density at radius 3 is 2.62 bits per heavy atom. The monoisotopic (exact) mass is 312 g/mol. The third-order valence-corrected chi connectivity index (χ3v) is 5.09. The maximum Gasteiger partial charge on any atom is 0.242 e. The van der Waals surface area contributed by atoms with Crippen molar-refractivity contribution in [2.75, 3.05) is 18.5 Å². The Morgan fingerprint density at radius 2 is 1.95 bits per heavy atom. The molecule has 118 valence electrons. The van der Waals surface area contributed by atoms with Crippen LogP contribution in [-0.2, 0) is 14.8 Å². The van der Waals surface area contributed by atoms with E-state index in [1.807, 2.05) is 26.0 Å². The Morgan fingerprint density at radius 1 is 1.24 bits per heavy atom. The molecule has 1 aliphatic rings. The molecular weight excluding hydrogens is 288 g/mol. The van der Waals surface area contributed by atoms with Crippen molar-refractivity contribution in [3.63, 3.8) is 0 Å². The van der Waals surface area contributed by atoms with Crippen LogP contribution in [0.1, 0.15) is 33.1 Å². The van der Waals surface area contributed by atoms with Gasteiger partial charge in [-0.2, -0.15) is 0 Å². The average molecular weight is 312 g/mol. The molecule has 2 rings (SSSR count). The van der Waals surface area contributed by atoms with Crippen LogP contribution in [0.5, 0.6) is 0 Å². The molecule has 0 radical (unpaired) electrons. The predicted molar refractivity (Wildman–Crippen MR) is 84.0 cm³/mol. The predicted octanol–water partition coefficient (Wildman–Crippen LogP) is 2.35. The van der Waals surface area contributed by atoms with Gasteiger partial charge in [0, 0.05) is 19.2 Å². The first-order chi connectivity index (χ1) is 10.1. The molecule has 0 atom stereocenters. The van der Waals surface area contributed by atoms with Crippen LogP contribution in [0.25, 0.3) is 0 Å². The summed E-state index contributed by atoms with van der Waals surface area (Å²) < 4.78 is 32.7. The molecule has 1 aromatic rings. The molecule has 0 aliphatic heterocycles. The van der Waals surface area contributed by atoms with Crippen molar-refractivity contribution in [2.24, 2.45) is 0 Å². The third kappa shape index (κ3) is 4.18. The van der Waals surface area contributed by atoms with Crippen LogP contribution in [0.3, 0.4) is 0 Å². The van der Waals surface area contributed by atoms with E-state index in [1.54, 1.807) is 12.1 Å². The van der Waals surface area contributed by atoms with Gasteiger partial charge in [-0.3, -0.25) is 0 Å². The number of hydrogen-bond acceptors (Lipinski definition) is 4. The second-order valence-electron chi connectivity index (χ2n) is 5.28. The van der Waals surface area contributed by atoms with Crippen molar-refractivity contribution in [3.05, 3.63) is 24.3 Å². The number of ether oxygens (including phenoxy) is 1. The maximum atomic E-state index is 12.3. The van der Waals surface area contributed by atoms with E-state index in [1.165, 1.54) is 0 Å². The first-order valence-electron chi connectivity index (χ1n) is 7.53. The molecule has 6 heteroatoms. The molecule has 1 fully saturated rings. The summed E-state index contributed by atoms with van der Waals surface area (Å²) in [7, 11) is -3.45. The normalized spacial score (nSPS) is 21.8. The van der Waals surface area contributed by atoms with E-state index in [0.29, 0.717) is 23.2 Å². The molecule has 1 aliphatic carbocycles. The Kier molecular flexibility index (Phi) is 5.61. The highest BCUT2D eigenvalue weighted by atomic mass is 32.2. The molecule has 0 bridgehead atoms. The highest BCUT2D eigenvalue weighted by Crippen LogP contribution is 2.29. The molecule has 1 aromatic carbocycles. The minimum atomic E-state index is -3.45. The summed E-state index contributed by atoms with van der Waals surface area (Å²) in [6.45, 7) is 5.10. The SMILES string of the molecule is CCCNS(=O)(=O)c1ccccc1NC1CC(OCC)C1.